The number of benzene rings is 1. The molecule has 2 rings (SSSR count). The highest BCUT2D eigenvalue weighted by molar-refractivity contribution is 7.90. The van der Waals surface area contributed by atoms with Gasteiger partial charge in [0, 0.05) is 19.5 Å². The molecule has 1 aromatic carbocycles. The van der Waals surface area contributed by atoms with Gasteiger partial charge in [0.25, 0.3) is 5.91 Å². The fourth-order valence-electron chi connectivity index (χ4n) is 2.30. The zero-order valence-corrected chi connectivity index (χ0v) is 14.9. The molecule has 24 heavy (non-hydrogen) atoms. The van der Waals surface area contributed by atoms with Gasteiger partial charge < -0.3 is 9.64 Å². The number of hydrogen-bond donors (Lipinski definition) is 0. The van der Waals surface area contributed by atoms with E-state index in [1.54, 1.807) is 54.5 Å². The molecule has 128 valence electrons. The molecule has 0 aliphatic carbocycles. The fourth-order valence-corrected chi connectivity index (χ4v) is 2.93. The second-order valence-corrected chi connectivity index (χ2v) is 7.51. The van der Waals surface area contributed by atoms with Gasteiger partial charge in [-0.3, -0.25) is 4.79 Å². The summed E-state index contributed by atoms with van der Waals surface area (Å²) in [6, 6.07) is 9.61. The van der Waals surface area contributed by atoms with Crippen molar-refractivity contribution in [3.8, 4) is 5.88 Å². The summed E-state index contributed by atoms with van der Waals surface area (Å²) in [6.07, 6.45) is 2.72. The maximum Gasteiger partial charge on any atom is 0.259 e. The zero-order chi connectivity index (χ0) is 17.9. The summed E-state index contributed by atoms with van der Waals surface area (Å²) >= 11 is 0. The highest BCUT2D eigenvalue weighted by atomic mass is 32.2. The number of rotatable bonds is 5. The molecule has 0 saturated heterocycles. The van der Waals surface area contributed by atoms with Crippen LogP contribution in [0, 0.1) is 0 Å². The molecular weight excluding hydrogens is 328 g/mol. The molecule has 0 aliphatic rings. The van der Waals surface area contributed by atoms with E-state index in [1.165, 1.54) is 7.11 Å². The van der Waals surface area contributed by atoms with E-state index in [0.29, 0.717) is 5.56 Å². The van der Waals surface area contributed by atoms with Crippen LogP contribution < -0.4 is 4.74 Å². The van der Waals surface area contributed by atoms with Crippen LogP contribution >= 0.6 is 0 Å². The van der Waals surface area contributed by atoms with Gasteiger partial charge in [-0.2, -0.15) is 0 Å². The number of aromatic nitrogens is 1. The third-order valence-corrected chi connectivity index (χ3v) is 5.02. The Kier molecular flexibility index (Phi) is 5.23. The number of nitrogens with zero attached hydrogens (tertiary/aromatic N) is 2. The summed E-state index contributed by atoms with van der Waals surface area (Å²) in [5, 5.41) is 0. The number of sulfone groups is 1. The minimum Gasteiger partial charge on any atom is -0.480 e. The first-order chi connectivity index (χ1) is 11.3. The number of methoxy groups -OCH3 is 1. The lowest BCUT2D eigenvalue weighted by atomic mass is 10.1. The van der Waals surface area contributed by atoms with E-state index in [4.69, 9.17) is 4.74 Å². The lowest BCUT2D eigenvalue weighted by molar-refractivity contribution is 0.0738. The molecule has 0 bridgehead atoms. The largest absolute Gasteiger partial charge is 0.480 e. The van der Waals surface area contributed by atoms with Crippen molar-refractivity contribution in [2.75, 3.05) is 20.4 Å². The number of carbonyl (C=O) groups is 1. The van der Waals surface area contributed by atoms with E-state index in [2.05, 4.69) is 4.98 Å². The average molecular weight is 348 g/mol. The molecule has 0 aliphatic heterocycles. The van der Waals surface area contributed by atoms with Crippen LogP contribution in [0.5, 0.6) is 5.88 Å². The van der Waals surface area contributed by atoms with Gasteiger partial charge in [-0.15, -0.1) is 0 Å². The van der Waals surface area contributed by atoms with Crippen LogP contribution in [0.1, 0.15) is 28.9 Å². The topological polar surface area (TPSA) is 76.6 Å². The smallest absolute Gasteiger partial charge is 0.259 e. The number of amides is 1. The van der Waals surface area contributed by atoms with E-state index in [1.807, 2.05) is 6.92 Å². The van der Waals surface area contributed by atoms with Gasteiger partial charge in [0.2, 0.25) is 5.88 Å². The van der Waals surface area contributed by atoms with Crippen LogP contribution in [0.4, 0.5) is 0 Å². The van der Waals surface area contributed by atoms with E-state index in [-0.39, 0.29) is 22.7 Å². The first-order valence-electron chi connectivity index (χ1n) is 7.32. The van der Waals surface area contributed by atoms with Gasteiger partial charge in [-0.1, -0.05) is 12.1 Å². The molecule has 1 heterocycles. The molecule has 1 atom stereocenters. The Balaban J connectivity index is 2.25. The van der Waals surface area contributed by atoms with Crippen molar-refractivity contribution in [2.45, 2.75) is 17.9 Å². The number of pyridine rings is 1. The van der Waals surface area contributed by atoms with Gasteiger partial charge >= 0.3 is 0 Å². The minimum absolute atomic E-state index is 0.223. The lowest BCUT2D eigenvalue weighted by Crippen LogP contribution is -2.30. The normalized spacial score (nSPS) is 12.5. The van der Waals surface area contributed by atoms with Gasteiger partial charge in [0.1, 0.15) is 5.56 Å². The Labute approximate surface area is 142 Å². The van der Waals surface area contributed by atoms with Gasteiger partial charge in [-0.05, 0) is 36.8 Å². The summed E-state index contributed by atoms with van der Waals surface area (Å²) in [4.78, 5) is 18.5. The summed E-state index contributed by atoms with van der Waals surface area (Å²) in [5.74, 6) is 0.0496. The van der Waals surface area contributed by atoms with Crippen molar-refractivity contribution in [3.63, 3.8) is 0 Å². The molecule has 0 N–H and O–H groups in total. The molecule has 1 aromatic heterocycles. The van der Waals surface area contributed by atoms with E-state index in [9.17, 15) is 13.2 Å². The Bertz CT molecular complexity index is 832. The monoisotopic (exact) mass is 348 g/mol. The number of ether oxygens (including phenoxy) is 1. The molecule has 7 heteroatoms. The highest BCUT2D eigenvalue weighted by Crippen LogP contribution is 2.24. The number of hydrogen-bond acceptors (Lipinski definition) is 5. The molecule has 0 fully saturated rings. The Morgan fingerprint density at radius 1 is 1.21 bits per heavy atom. The van der Waals surface area contributed by atoms with Gasteiger partial charge in [-0.25, -0.2) is 13.4 Å². The summed E-state index contributed by atoms with van der Waals surface area (Å²) in [6.45, 7) is 1.87. The molecule has 0 saturated carbocycles. The highest BCUT2D eigenvalue weighted by Gasteiger charge is 2.22. The number of carbonyl (C=O) groups excluding carboxylic acids is 1. The van der Waals surface area contributed by atoms with Crippen LogP contribution in [0.2, 0.25) is 0 Å². The van der Waals surface area contributed by atoms with Crippen molar-refractivity contribution in [1.29, 1.82) is 0 Å². The SMILES string of the molecule is COc1ncccc1C(=O)N(C)[C@@H](C)c1ccc(S(C)(=O)=O)cc1. The third kappa shape index (κ3) is 3.73. The van der Waals surface area contributed by atoms with E-state index in [0.717, 1.165) is 11.8 Å². The predicted molar refractivity (Wildman–Crippen MR) is 90.8 cm³/mol. The maximum atomic E-state index is 12.7. The molecule has 1 amide bonds. The first-order valence-corrected chi connectivity index (χ1v) is 9.21. The Hall–Kier alpha value is -2.41. The van der Waals surface area contributed by atoms with Crippen LogP contribution in [-0.4, -0.2) is 44.6 Å². The minimum atomic E-state index is -3.24. The standard InChI is InChI=1S/C17H20N2O4S/c1-12(13-7-9-14(10-8-13)24(4,21)22)19(2)17(20)15-6-5-11-18-16(15)23-3/h5-12H,1-4H3/t12-/m0/s1. The summed E-state index contributed by atoms with van der Waals surface area (Å²) in [7, 11) is -0.0900. The third-order valence-electron chi connectivity index (χ3n) is 3.89. The molecular formula is C17H20N2O4S. The van der Waals surface area contributed by atoms with Crippen molar-refractivity contribution in [1.82, 2.24) is 9.88 Å². The second kappa shape index (κ2) is 7.00. The van der Waals surface area contributed by atoms with Crippen molar-refractivity contribution >= 4 is 15.7 Å². The second-order valence-electron chi connectivity index (χ2n) is 5.49. The van der Waals surface area contributed by atoms with E-state index >= 15 is 0 Å². The van der Waals surface area contributed by atoms with Crippen molar-refractivity contribution in [3.05, 3.63) is 53.7 Å². The molecule has 0 spiro atoms. The zero-order valence-electron chi connectivity index (χ0n) is 14.1. The van der Waals surface area contributed by atoms with Crippen molar-refractivity contribution < 1.29 is 17.9 Å². The Morgan fingerprint density at radius 2 is 1.83 bits per heavy atom. The molecule has 6 nitrogen and oxygen atoms in total. The Morgan fingerprint density at radius 3 is 2.38 bits per heavy atom. The van der Waals surface area contributed by atoms with E-state index < -0.39 is 9.84 Å². The van der Waals surface area contributed by atoms with Crippen LogP contribution in [0.15, 0.2) is 47.5 Å². The summed E-state index contributed by atoms with van der Waals surface area (Å²) in [5.41, 5.74) is 1.21. The predicted octanol–water partition coefficient (Wildman–Crippen LogP) is 2.33. The molecule has 0 radical (unpaired) electrons. The average Bonchev–Trinajstić information content (AvgIpc) is 2.59. The van der Waals surface area contributed by atoms with Crippen LogP contribution in [0.25, 0.3) is 0 Å². The first kappa shape index (κ1) is 17.9. The fraction of sp³-hybridized carbons (Fsp3) is 0.294. The van der Waals surface area contributed by atoms with Crippen LogP contribution in [-0.2, 0) is 9.84 Å². The van der Waals surface area contributed by atoms with Gasteiger partial charge in [0.05, 0.1) is 18.0 Å². The molecule has 2 aromatic rings. The summed E-state index contributed by atoms with van der Waals surface area (Å²) < 4.78 is 28.2. The van der Waals surface area contributed by atoms with Gasteiger partial charge in [0.15, 0.2) is 9.84 Å². The van der Waals surface area contributed by atoms with Crippen molar-refractivity contribution in [2.24, 2.45) is 0 Å². The quantitative estimate of drug-likeness (QED) is 0.829. The maximum absolute atomic E-state index is 12.7. The van der Waals surface area contributed by atoms with Crippen LogP contribution in [0.3, 0.4) is 0 Å². The lowest BCUT2D eigenvalue weighted by Gasteiger charge is -2.26. The molecule has 0 unspecified atom stereocenters.